The molecule has 0 bridgehead atoms. The van der Waals surface area contributed by atoms with Gasteiger partial charge in [-0.1, -0.05) is 43.0 Å². The molecule has 1 unspecified atom stereocenters. The van der Waals surface area contributed by atoms with Crippen molar-refractivity contribution in [2.45, 2.75) is 39.0 Å². The third-order valence-corrected chi connectivity index (χ3v) is 4.15. The summed E-state index contributed by atoms with van der Waals surface area (Å²) in [7, 11) is 1.71. The van der Waals surface area contributed by atoms with Crippen LogP contribution in [0.15, 0.2) is 61.2 Å². The van der Waals surface area contributed by atoms with Crippen molar-refractivity contribution in [3.63, 3.8) is 0 Å². The zero-order chi connectivity index (χ0) is 19.3. The Morgan fingerprint density at radius 1 is 1.19 bits per heavy atom. The highest BCUT2D eigenvalue weighted by molar-refractivity contribution is 6.00. The van der Waals surface area contributed by atoms with E-state index in [1.54, 1.807) is 7.05 Å². The molecule has 0 aliphatic carbocycles. The molecule has 2 rings (SSSR count). The molecule has 0 heterocycles. The average molecular weight is 352 g/mol. The number of nitrogens with zero attached hydrogens (tertiary/aromatic N) is 1. The lowest BCUT2D eigenvalue weighted by atomic mass is 9.98. The number of anilines is 1. The molecule has 0 radical (unpaired) electrons. The summed E-state index contributed by atoms with van der Waals surface area (Å²) in [5.41, 5.74) is 3.27. The van der Waals surface area contributed by atoms with Gasteiger partial charge in [0.25, 0.3) is 0 Å². The Morgan fingerprint density at radius 2 is 1.85 bits per heavy atom. The summed E-state index contributed by atoms with van der Waals surface area (Å²) in [6.07, 6.45) is 0.532. The van der Waals surface area contributed by atoms with E-state index in [1.807, 2.05) is 48.5 Å². The van der Waals surface area contributed by atoms with E-state index in [4.69, 9.17) is 0 Å². The molecule has 0 saturated heterocycles. The maximum Gasteiger partial charge on any atom is 0.250 e. The van der Waals surface area contributed by atoms with Gasteiger partial charge >= 0.3 is 0 Å². The van der Waals surface area contributed by atoms with Crippen LogP contribution in [0.5, 0.6) is 0 Å². The molecule has 2 aromatic rings. The second-order valence-corrected chi connectivity index (χ2v) is 7.45. The summed E-state index contributed by atoms with van der Waals surface area (Å²) in [6.45, 7) is 10.5. The molecular formula is C22H28N2O2. The van der Waals surface area contributed by atoms with Crippen LogP contribution in [-0.2, 0) is 11.3 Å². The van der Waals surface area contributed by atoms with E-state index in [2.05, 4.69) is 32.7 Å². The van der Waals surface area contributed by atoms with Crippen molar-refractivity contribution in [2.24, 2.45) is 0 Å². The number of rotatable bonds is 6. The summed E-state index contributed by atoms with van der Waals surface area (Å²) in [6, 6.07) is 15.3. The first-order valence-corrected chi connectivity index (χ1v) is 8.73. The SMILES string of the molecule is C=CC(=O)N(C)c1cc(CNC(C)(C)C)cc(C(O)c2ccccc2)c1. The van der Waals surface area contributed by atoms with Crippen LogP contribution in [0.1, 0.15) is 43.6 Å². The molecule has 4 heteroatoms. The predicted octanol–water partition coefficient (Wildman–Crippen LogP) is 3.81. The van der Waals surface area contributed by atoms with Crippen LogP contribution < -0.4 is 10.2 Å². The van der Waals surface area contributed by atoms with Gasteiger partial charge in [-0.2, -0.15) is 0 Å². The summed E-state index contributed by atoms with van der Waals surface area (Å²) in [4.78, 5) is 13.6. The Labute approximate surface area is 156 Å². The fourth-order valence-corrected chi connectivity index (χ4v) is 2.61. The number of carbonyl (C=O) groups is 1. The molecule has 4 nitrogen and oxygen atoms in total. The van der Waals surface area contributed by atoms with Crippen LogP contribution in [0.3, 0.4) is 0 Å². The van der Waals surface area contributed by atoms with E-state index >= 15 is 0 Å². The second kappa shape index (κ2) is 8.30. The number of nitrogens with one attached hydrogen (secondary N) is 1. The van der Waals surface area contributed by atoms with Crippen molar-refractivity contribution in [1.82, 2.24) is 5.32 Å². The van der Waals surface area contributed by atoms with Crippen LogP contribution in [0.25, 0.3) is 0 Å². The third-order valence-electron chi connectivity index (χ3n) is 4.15. The van der Waals surface area contributed by atoms with Crippen LogP contribution in [0.2, 0.25) is 0 Å². The molecule has 138 valence electrons. The summed E-state index contributed by atoms with van der Waals surface area (Å²) < 4.78 is 0. The van der Waals surface area contributed by atoms with Gasteiger partial charge in [0.2, 0.25) is 5.91 Å². The van der Waals surface area contributed by atoms with Crippen LogP contribution in [-0.4, -0.2) is 23.6 Å². The van der Waals surface area contributed by atoms with Gasteiger partial charge in [0, 0.05) is 24.8 Å². The molecule has 2 N–H and O–H groups in total. The third kappa shape index (κ3) is 5.28. The van der Waals surface area contributed by atoms with E-state index < -0.39 is 6.10 Å². The minimum absolute atomic E-state index is 0.0307. The van der Waals surface area contributed by atoms with E-state index in [1.165, 1.54) is 11.0 Å². The first-order chi connectivity index (χ1) is 12.2. The first-order valence-electron chi connectivity index (χ1n) is 8.73. The van der Waals surface area contributed by atoms with Crippen molar-refractivity contribution in [1.29, 1.82) is 0 Å². The molecule has 26 heavy (non-hydrogen) atoms. The van der Waals surface area contributed by atoms with Gasteiger partial charge < -0.3 is 15.3 Å². The van der Waals surface area contributed by atoms with Crippen molar-refractivity contribution in [2.75, 3.05) is 11.9 Å². The number of aliphatic hydroxyl groups excluding tert-OH is 1. The van der Waals surface area contributed by atoms with Gasteiger partial charge in [-0.15, -0.1) is 0 Å². The molecular weight excluding hydrogens is 324 g/mol. The lowest BCUT2D eigenvalue weighted by Gasteiger charge is -2.23. The highest BCUT2D eigenvalue weighted by Gasteiger charge is 2.16. The Kier molecular flexibility index (Phi) is 6.35. The van der Waals surface area contributed by atoms with E-state index in [9.17, 15) is 9.90 Å². The maximum absolute atomic E-state index is 12.0. The van der Waals surface area contributed by atoms with Gasteiger partial charge in [-0.05, 0) is 55.7 Å². The van der Waals surface area contributed by atoms with Gasteiger partial charge in [0.05, 0.1) is 0 Å². The molecule has 0 fully saturated rings. The van der Waals surface area contributed by atoms with Crippen LogP contribution in [0.4, 0.5) is 5.69 Å². The Morgan fingerprint density at radius 3 is 2.42 bits per heavy atom. The summed E-state index contributed by atoms with van der Waals surface area (Å²) in [5.74, 6) is -0.189. The largest absolute Gasteiger partial charge is 0.384 e. The number of hydrogen-bond acceptors (Lipinski definition) is 3. The zero-order valence-electron chi connectivity index (χ0n) is 16.0. The van der Waals surface area contributed by atoms with Crippen molar-refractivity contribution >= 4 is 11.6 Å². The number of amides is 1. The van der Waals surface area contributed by atoms with E-state index in [0.29, 0.717) is 6.54 Å². The standard InChI is InChI=1S/C22H28N2O2/c1-6-20(25)24(5)19-13-16(15-23-22(2,3)4)12-18(14-19)21(26)17-10-8-7-9-11-17/h6-14,21,23,26H,1,15H2,2-5H3. The van der Waals surface area contributed by atoms with E-state index in [-0.39, 0.29) is 11.4 Å². The maximum atomic E-state index is 12.0. The molecule has 0 aliphatic rings. The molecule has 1 atom stereocenters. The van der Waals surface area contributed by atoms with Crippen LogP contribution >= 0.6 is 0 Å². The number of hydrogen-bond donors (Lipinski definition) is 2. The molecule has 0 spiro atoms. The second-order valence-electron chi connectivity index (χ2n) is 7.45. The summed E-state index contributed by atoms with van der Waals surface area (Å²) >= 11 is 0. The normalized spacial score (nSPS) is 12.5. The number of likely N-dealkylation sites (N-methyl/N-ethyl adjacent to an activating group) is 1. The molecule has 0 saturated carbocycles. The molecule has 0 aromatic heterocycles. The smallest absolute Gasteiger partial charge is 0.250 e. The summed E-state index contributed by atoms with van der Waals surface area (Å²) in [5, 5.41) is 14.3. The lowest BCUT2D eigenvalue weighted by Crippen LogP contribution is -2.35. The number of aliphatic hydroxyl groups is 1. The molecule has 0 aliphatic heterocycles. The van der Waals surface area contributed by atoms with E-state index in [0.717, 1.165) is 22.4 Å². The number of benzene rings is 2. The molecule has 2 aromatic carbocycles. The van der Waals surface area contributed by atoms with Gasteiger partial charge in [0.1, 0.15) is 6.10 Å². The Hall–Kier alpha value is -2.43. The Bertz CT molecular complexity index is 763. The fraction of sp³-hybridized carbons (Fsp3) is 0.318. The topological polar surface area (TPSA) is 52.6 Å². The van der Waals surface area contributed by atoms with Crippen molar-refractivity contribution in [3.8, 4) is 0 Å². The zero-order valence-corrected chi connectivity index (χ0v) is 16.0. The van der Waals surface area contributed by atoms with Gasteiger partial charge in [0.15, 0.2) is 0 Å². The van der Waals surface area contributed by atoms with Gasteiger partial charge in [-0.3, -0.25) is 4.79 Å². The first kappa shape index (κ1) is 19.9. The predicted molar refractivity (Wildman–Crippen MR) is 107 cm³/mol. The number of carbonyl (C=O) groups excluding carboxylic acids is 1. The van der Waals surface area contributed by atoms with Gasteiger partial charge in [-0.25, -0.2) is 0 Å². The van der Waals surface area contributed by atoms with Crippen molar-refractivity contribution in [3.05, 3.63) is 77.9 Å². The monoisotopic (exact) mass is 352 g/mol. The average Bonchev–Trinajstić information content (AvgIpc) is 2.64. The quantitative estimate of drug-likeness (QED) is 0.778. The van der Waals surface area contributed by atoms with Crippen molar-refractivity contribution < 1.29 is 9.90 Å². The molecule has 1 amide bonds. The fourth-order valence-electron chi connectivity index (χ4n) is 2.61. The Balaban J connectivity index is 2.42. The highest BCUT2D eigenvalue weighted by Crippen LogP contribution is 2.27. The minimum atomic E-state index is -0.753. The lowest BCUT2D eigenvalue weighted by molar-refractivity contribution is -0.113. The van der Waals surface area contributed by atoms with Crippen LogP contribution in [0, 0.1) is 0 Å². The minimum Gasteiger partial charge on any atom is -0.384 e. The highest BCUT2D eigenvalue weighted by atomic mass is 16.3.